The number of nitrogens with zero attached hydrogens (tertiary/aromatic N) is 2. The topological polar surface area (TPSA) is 15.6 Å². The second-order valence-corrected chi connectivity index (χ2v) is 7.62. The van der Waals surface area contributed by atoms with E-state index in [1.54, 1.807) is 19.3 Å². The smallest absolute Gasteiger partial charge is 0.315 e. The first-order valence-electron chi connectivity index (χ1n) is 10.4. The summed E-state index contributed by atoms with van der Waals surface area (Å²) in [5.41, 5.74) is 3.15. The largest absolute Gasteiger partial charge is 0.416 e. The van der Waals surface area contributed by atoms with Gasteiger partial charge in [-0.2, -0.15) is 13.2 Å². The standard InChI is InChI=1S/C27H23F5N2/c1-4-34(25-12-11-23(28)17-24(25)29)26-16-20(8-5-18(26)2)21(13-14-33-3)15-19-6-9-22(10-7-19)27(30,31)32/h4-14,16-17H,1,15H2,2-3H3/b21-13+,33-14?. The highest BCUT2D eigenvalue weighted by molar-refractivity contribution is 5.86. The van der Waals surface area contributed by atoms with E-state index in [1.165, 1.54) is 35.4 Å². The van der Waals surface area contributed by atoms with Gasteiger partial charge in [0.2, 0.25) is 0 Å². The highest BCUT2D eigenvalue weighted by Crippen LogP contribution is 2.34. The van der Waals surface area contributed by atoms with Crippen LogP contribution >= 0.6 is 0 Å². The van der Waals surface area contributed by atoms with Gasteiger partial charge in [0.05, 0.1) is 11.3 Å². The predicted molar refractivity (Wildman–Crippen MR) is 127 cm³/mol. The molecule has 34 heavy (non-hydrogen) atoms. The zero-order valence-corrected chi connectivity index (χ0v) is 18.7. The first-order valence-corrected chi connectivity index (χ1v) is 10.4. The fraction of sp³-hybridized carbons (Fsp3) is 0.148. The van der Waals surface area contributed by atoms with Gasteiger partial charge in [0.25, 0.3) is 0 Å². The highest BCUT2D eigenvalue weighted by atomic mass is 19.4. The number of benzene rings is 3. The van der Waals surface area contributed by atoms with E-state index in [0.29, 0.717) is 17.7 Å². The summed E-state index contributed by atoms with van der Waals surface area (Å²) in [5.74, 6) is -1.42. The maximum absolute atomic E-state index is 14.5. The van der Waals surface area contributed by atoms with Gasteiger partial charge < -0.3 is 4.90 Å². The summed E-state index contributed by atoms with van der Waals surface area (Å²) in [5, 5.41) is 0. The molecule has 3 rings (SSSR count). The number of alkyl halides is 3. The average molecular weight is 470 g/mol. The molecule has 0 radical (unpaired) electrons. The van der Waals surface area contributed by atoms with E-state index in [0.717, 1.165) is 34.9 Å². The summed E-state index contributed by atoms with van der Waals surface area (Å²) in [7, 11) is 1.61. The van der Waals surface area contributed by atoms with Crippen molar-refractivity contribution in [2.45, 2.75) is 19.5 Å². The summed E-state index contributed by atoms with van der Waals surface area (Å²) in [6, 6.07) is 13.9. The van der Waals surface area contributed by atoms with Crippen LogP contribution in [-0.4, -0.2) is 13.3 Å². The molecule has 0 unspecified atom stereocenters. The Balaban J connectivity index is 2.01. The quantitative estimate of drug-likeness (QED) is 0.253. The van der Waals surface area contributed by atoms with Crippen molar-refractivity contribution in [3.05, 3.63) is 113 Å². The molecule has 2 nitrogen and oxygen atoms in total. The molecule has 0 amide bonds. The van der Waals surface area contributed by atoms with Gasteiger partial charge in [0.15, 0.2) is 0 Å². The zero-order valence-electron chi connectivity index (χ0n) is 18.7. The van der Waals surface area contributed by atoms with Crippen LogP contribution in [0.5, 0.6) is 0 Å². The molecule has 176 valence electrons. The van der Waals surface area contributed by atoms with E-state index in [4.69, 9.17) is 0 Å². The van der Waals surface area contributed by atoms with E-state index >= 15 is 0 Å². The lowest BCUT2D eigenvalue weighted by atomic mass is 9.95. The molecular weight excluding hydrogens is 447 g/mol. The van der Waals surface area contributed by atoms with Gasteiger partial charge in [-0.3, -0.25) is 4.99 Å². The molecule has 0 atom stereocenters. The molecule has 0 aliphatic carbocycles. The van der Waals surface area contributed by atoms with Crippen LogP contribution in [0.15, 0.2) is 84.5 Å². The van der Waals surface area contributed by atoms with Crippen LogP contribution in [0, 0.1) is 18.6 Å². The monoisotopic (exact) mass is 470 g/mol. The number of rotatable bonds is 7. The van der Waals surface area contributed by atoms with Crippen LogP contribution in [0.3, 0.4) is 0 Å². The molecule has 0 saturated heterocycles. The summed E-state index contributed by atoms with van der Waals surface area (Å²) in [4.78, 5) is 5.51. The van der Waals surface area contributed by atoms with Crippen molar-refractivity contribution in [3.63, 3.8) is 0 Å². The molecule has 0 saturated carbocycles. The normalized spacial score (nSPS) is 12.3. The van der Waals surface area contributed by atoms with Crippen molar-refractivity contribution < 1.29 is 22.0 Å². The number of aliphatic imine (C=N–C) groups is 1. The van der Waals surface area contributed by atoms with Crippen LogP contribution in [0.1, 0.15) is 22.3 Å². The number of hydrogen-bond donors (Lipinski definition) is 0. The molecule has 3 aromatic carbocycles. The Labute approximate surface area is 195 Å². The Morgan fingerprint density at radius 1 is 0.971 bits per heavy atom. The Morgan fingerprint density at radius 3 is 2.26 bits per heavy atom. The minimum absolute atomic E-state index is 0.139. The minimum Gasteiger partial charge on any atom is -0.315 e. The molecule has 7 heteroatoms. The lowest BCUT2D eigenvalue weighted by Crippen LogP contribution is -2.12. The van der Waals surface area contributed by atoms with Crippen LogP contribution < -0.4 is 4.90 Å². The molecule has 0 aliphatic rings. The third-order valence-corrected chi connectivity index (χ3v) is 5.29. The number of hydrogen-bond acceptors (Lipinski definition) is 2. The molecular formula is C27H23F5N2. The van der Waals surface area contributed by atoms with Crippen molar-refractivity contribution in [2.75, 3.05) is 11.9 Å². The van der Waals surface area contributed by atoms with Crippen molar-refractivity contribution in [1.82, 2.24) is 0 Å². The van der Waals surface area contributed by atoms with E-state index < -0.39 is 23.4 Å². The van der Waals surface area contributed by atoms with Gasteiger partial charge in [0, 0.05) is 31.2 Å². The van der Waals surface area contributed by atoms with Gasteiger partial charge >= 0.3 is 6.18 Å². The third-order valence-electron chi connectivity index (χ3n) is 5.29. The molecule has 0 N–H and O–H groups in total. The summed E-state index contributed by atoms with van der Waals surface area (Å²) in [6.45, 7) is 5.63. The van der Waals surface area contributed by atoms with E-state index in [9.17, 15) is 22.0 Å². The van der Waals surface area contributed by atoms with Gasteiger partial charge in [-0.15, -0.1) is 0 Å². The van der Waals surface area contributed by atoms with Crippen molar-refractivity contribution in [2.24, 2.45) is 4.99 Å². The number of aryl methyl sites for hydroxylation is 1. The first-order chi connectivity index (χ1) is 16.1. The number of halogens is 5. The highest BCUT2D eigenvalue weighted by Gasteiger charge is 2.30. The minimum atomic E-state index is -4.40. The fourth-order valence-corrected chi connectivity index (χ4v) is 3.52. The fourth-order valence-electron chi connectivity index (χ4n) is 3.52. The first kappa shape index (κ1) is 24.9. The second kappa shape index (κ2) is 10.5. The van der Waals surface area contributed by atoms with Crippen molar-refractivity contribution in [1.29, 1.82) is 0 Å². The van der Waals surface area contributed by atoms with Crippen LogP contribution in [0.25, 0.3) is 5.57 Å². The van der Waals surface area contributed by atoms with E-state index in [-0.39, 0.29) is 5.69 Å². The number of allylic oxidation sites excluding steroid dienone is 2. The molecule has 0 bridgehead atoms. The molecule has 3 aromatic rings. The Kier molecular flexibility index (Phi) is 7.66. The molecule has 0 heterocycles. The summed E-state index contributed by atoms with van der Waals surface area (Å²) < 4.78 is 66.6. The summed E-state index contributed by atoms with van der Waals surface area (Å²) >= 11 is 0. The number of anilines is 2. The van der Waals surface area contributed by atoms with Gasteiger partial charge in [-0.1, -0.05) is 30.8 Å². The zero-order chi connectivity index (χ0) is 24.9. The molecule has 0 fully saturated rings. The Bertz CT molecular complexity index is 1220. The van der Waals surface area contributed by atoms with Gasteiger partial charge in [0.1, 0.15) is 11.6 Å². The van der Waals surface area contributed by atoms with Crippen molar-refractivity contribution in [3.8, 4) is 0 Å². The maximum atomic E-state index is 14.5. The van der Waals surface area contributed by atoms with E-state index in [2.05, 4.69) is 11.6 Å². The SMILES string of the molecule is C=CN(c1cc(/C(=C/C=NC)Cc2ccc(C(F)(F)F)cc2)ccc1C)c1ccc(F)cc1F. The Morgan fingerprint density at radius 2 is 1.68 bits per heavy atom. The maximum Gasteiger partial charge on any atom is 0.416 e. The lowest BCUT2D eigenvalue weighted by molar-refractivity contribution is -0.137. The van der Waals surface area contributed by atoms with Crippen LogP contribution in [0.4, 0.5) is 33.3 Å². The van der Waals surface area contributed by atoms with Gasteiger partial charge in [-0.25, -0.2) is 8.78 Å². The van der Waals surface area contributed by atoms with Crippen LogP contribution in [0.2, 0.25) is 0 Å². The molecule has 0 aromatic heterocycles. The molecule has 0 spiro atoms. The van der Waals surface area contributed by atoms with Crippen LogP contribution in [-0.2, 0) is 12.6 Å². The lowest BCUT2D eigenvalue weighted by Gasteiger charge is -2.24. The van der Waals surface area contributed by atoms with E-state index in [1.807, 2.05) is 25.1 Å². The average Bonchev–Trinajstić information content (AvgIpc) is 2.79. The van der Waals surface area contributed by atoms with Crippen molar-refractivity contribution >= 4 is 23.2 Å². The second-order valence-electron chi connectivity index (χ2n) is 7.62. The summed E-state index contributed by atoms with van der Waals surface area (Å²) in [6.07, 6.45) is 0.773. The predicted octanol–water partition coefficient (Wildman–Crippen LogP) is 7.90. The Hall–Kier alpha value is -3.74. The molecule has 0 aliphatic heterocycles. The van der Waals surface area contributed by atoms with Gasteiger partial charge in [-0.05, 0) is 72.0 Å². The third kappa shape index (κ3) is 5.78.